The summed E-state index contributed by atoms with van der Waals surface area (Å²) in [4.78, 5) is 35.8. The highest BCUT2D eigenvalue weighted by Crippen LogP contribution is 2.18. The molecule has 1 amide bonds. The van der Waals surface area contributed by atoms with Gasteiger partial charge in [-0.15, -0.1) is 0 Å². The molecule has 0 unspecified atom stereocenters. The van der Waals surface area contributed by atoms with Gasteiger partial charge in [0.2, 0.25) is 0 Å². The lowest BCUT2D eigenvalue weighted by molar-refractivity contribution is -0.146. The number of methoxy groups -OCH3 is 1. The van der Waals surface area contributed by atoms with Gasteiger partial charge in [-0.1, -0.05) is 31.5 Å². The third-order valence-corrected chi connectivity index (χ3v) is 4.03. The van der Waals surface area contributed by atoms with Gasteiger partial charge in [0.15, 0.2) is 6.61 Å². The molecule has 0 atom stereocenters. The summed E-state index contributed by atoms with van der Waals surface area (Å²) in [6.07, 6.45) is 1.77. The third kappa shape index (κ3) is 7.29. The summed E-state index contributed by atoms with van der Waals surface area (Å²) in [5.74, 6) is -0.824. The lowest BCUT2D eigenvalue weighted by atomic mass is 10.1. The molecule has 2 aromatic carbocycles. The maximum atomic E-state index is 12.0. The second kappa shape index (κ2) is 11.5. The van der Waals surface area contributed by atoms with Crippen LogP contribution in [0.5, 0.6) is 5.75 Å². The number of anilines is 1. The zero-order valence-corrected chi connectivity index (χ0v) is 16.6. The molecule has 0 aromatic heterocycles. The molecule has 29 heavy (non-hydrogen) atoms. The van der Waals surface area contributed by atoms with Crippen molar-refractivity contribution in [3.05, 3.63) is 59.7 Å². The smallest absolute Gasteiger partial charge is 0.338 e. The summed E-state index contributed by atoms with van der Waals surface area (Å²) in [6.45, 7) is 1.99. The molecule has 0 aliphatic carbocycles. The largest absolute Gasteiger partial charge is 0.496 e. The number of hydrogen-bond acceptors (Lipinski definition) is 6. The average Bonchev–Trinajstić information content (AvgIpc) is 2.73. The second-order valence-corrected chi connectivity index (χ2v) is 6.26. The highest BCUT2D eigenvalue weighted by molar-refractivity contribution is 5.94. The molecule has 0 saturated carbocycles. The Hall–Kier alpha value is -3.35. The van der Waals surface area contributed by atoms with Gasteiger partial charge in [0, 0.05) is 11.3 Å². The number of carbonyl (C=O) groups is 3. The minimum Gasteiger partial charge on any atom is -0.496 e. The highest BCUT2D eigenvalue weighted by atomic mass is 16.5. The van der Waals surface area contributed by atoms with E-state index in [2.05, 4.69) is 5.32 Å². The van der Waals surface area contributed by atoms with Crippen LogP contribution in [0, 0.1) is 0 Å². The van der Waals surface area contributed by atoms with E-state index >= 15 is 0 Å². The Balaban J connectivity index is 1.78. The fourth-order valence-electron chi connectivity index (χ4n) is 2.48. The Kier molecular flexibility index (Phi) is 8.69. The van der Waals surface area contributed by atoms with Crippen LogP contribution in [-0.4, -0.2) is 38.2 Å². The molecule has 0 fully saturated rings. The van der Waals surface area contributed by atoms with Crippen LogP contribution in [0.25, 0.3) is 0 Å². The van der Waals surface area contributed by atoms with E-state index in [9.17, 15) is 14.4 Å². The Morgan fingerprint density at radius 3 is 2.38 bits per heavy atom. The van der Waals surface area contributed by atoms with Crippen molar-refractivity contribution in [3.8, 4) is 5.75 Å². The van der Waals surface area contributed by atoms with Gasteiger partial charge in [0.25, 0.3) is 5.91 Å². The van der Waals surface area contributed by atoms with Crippen molar-refractivity contribution in [3.63, 3.8) is 0 Å². The molecule has 1 N–H and O–H groups in total. The topological polar surface area (TPSA) is 90.9 Å². The number of carbonyl (C=O) groups excluding carboxylic acids is 3. The highest BCUT2D eigenvalue weighted by Gasteiger charge is 2.12. The Morgan fingerprint density at radius 1 is 0.966 bits per heavy atom. The maximum Gasteiger partial charge on any atom is 0.338 e. The van der Waals surface area contributed by atoms with Gasteiger partial charge in [-0.05, 0) is 36.8 Å². The third-order valence-electron chi connectivity index (χ3n) is 4.03. The normalized spacial score (nSPS) is 10.1. The van der Waals surface area contributed by atoms with Gasteiger partial charge in [0.05, 0.1) is 25.7 Å². The van der Waals surface area contributed by atoms with Gasteiger partial charge >= 0.3 is 11.9 Å². The van der Waals surface area contributed by atoms with E-state index in [0.29, 0.717) is 29.2 Å². The second-order valence-electron chi connectivity index (χ2n) is 6.26. The Labute approximate surface area is 170 Å². The molecule has 0 saturated heterocycles. The summed E-state index contributed by atoms with van der Waals surface area (Å²) in [6, 6.07) is 13.4. The van der Waals surface area contributed by atoms with Crippen LogP contribution >= 0.6 is 0 Å². The van der Waals surface area contributed by atoms with E-state index in [0.717, 1.165) is 12.8 Å². The summed E-state index contributed by atoms with van der Waals surface area (Å²) < 4.78 is 15.3. The molecule has 154 valence electrons. The molecule has 0 radical (unpaired) electrons. The lowest BCUT2D eigenvalue weighted by Gasteiger charge is -2.09. The first-order valence-corrected chi connectivity index (χ1v) is 9.38. The molecule has 0 heterocycles. The fourth-order valence-corrected chi connectivity index (χ4v) is 2.48. The fraction of sp³-hybridized carbons (Fsp3) is 0.318. The van der Waals surface area contributed by atoms with Gasteiger partial charge in [0.1, 0.15) is 5.75 Å². The molecule has 0 bridgehead atoms. The minimum atomic E-state index is -0.533. The van der Waals surface area contributed by atoms with Gasteiger partial charge < -0.3 is 19.5 Å². The number of rotatable bonds is 10. The van der Waals surface area contributed by atoms with Crippen LogP contribution in [0.15, 0.2) is 48.5 Å². The summed E-state index contributed by atoms with van der Waals surface area (Å²) in [5.41, 5.74) is 1.57. The van der Waals surface area contributed by atoms with E-state index in [1.54, 1.807) is 48.5 Å². The van der Waals surface area contributed by atoms with Gasteiger partial charge in [-0.25, -0.2) is 4.79 Å². The van der Waals surface area contributed by atoms with E-state index in [1.165, 1.54) is 7.11 Å². The van der Waals surface area contributed by atoms with Crippen LogP contribution < -0.4 is 10.1 Å². The Bertz CT molecular complexity index is 831. The maximum absolute atomic E-state index is 12.0. The van der Waals surface area contributed by atoms with Crippen molar-refractivity contribution in [1.82, 2.24) is 0 Å². The van der Waals surface area contributed by atoms with E-state index in [-0.39, 0.29) is 6.42 Å². The number of nitrogens with one attached hydrogen (secondary N) is 1. The zero-order chi connectivity index (χ0) is 21.1. The van der Waals surface area contributed by atoms with Crippen LogP contribution in [0.4, 0.5) is 5.69 Å². The number of unbranched alkanes of at least 4 members (excludes halogenated alkanes) is 1. The molecule has 2 aromatic rings. The number of esters is 2. The van der Waals surface area contributed by atoms with Crippen molar-refractivity contribution in [2.24, 2.45) is 0 Å². The van der Waals surface area contributed by atoms with Gasteiger partial charge in [-0.2, -0.15) is 0 Å². The predicted octanol–water partition coefficient (Wildman–Crippen LogP) is 3.38. The molecular weight excluding hydrogens is 374 g/mol. The number of amides is 1. The standard InChI is InChI=1S/C22H25NO6/c1-3-4-13-28-22(26)16-9-11-18(12-10-16)23-20(24)15-29-21(25)14-17-7-5-6-8-19(17)27-2/h5-12H,3-4,13-15H2,1-2H3,(H,23,24). The van der Waals surface area contributed by atoms with Crippen molar-refractivity contribution in [2.75, 3.05) is 25.6 Å². The van der Waals surface area contributed by atoms with Crippen molar-refractivity contribution < 1.29 is 28.6 Å². The molecular formula is C22H25NO6. The summed E-state index contributed by atoms with van der Waals surface area (Å²) in [5, 5.41) is 2.61. The number of ether oxygens (including phenoxy) is 3. The minimum absolute atomic E-state index is 0.00608. The van der Waals surface area contributed by atoms with Crippen molar-refractivity contribution in [2.45, 2.75) is 26.2 Å². The summed E-state index contributed by atoms with van der Waals surface area (Å²) >= 11 is 0. The lowest BCUT2D eigenvalue weighted by Crippen LogP contribution is -2.21. The quantitative estimate of drug-likeness (QED) is 0.487. The van der Waals surface area contributed by atoms with Crippen LogP contribution in [-0.2, 0) is 25.5 Å². The van der Waals surface area contributed by atoms with Crippen molar-refractivity contribution in [1.29, 1.82) is 0 Å². The number of benzene rings is 2. The van der Waals surface area contributed by atoms with Crippen LogP contribution in [0.2, 0.25) is 0 Å². The summed E-state index contributed by atoms with van der Waals surface area (Å²) in [7, 11) is 1.52. The van der Waals surface area contributed by atoms with E-state index in [4.69, 9.17) is 14.2 Å². The van der Waals surface area contributed by atoms with E-state index < -0.39 is 24.5 Å². The predicted molar refractivity (Wildman–Crippen MR) is 108 cm³/mol. The molecule has 0 aliphatic heterocycles. The van der Waals surface area contributed by atoms with Crippen molar-refractivity contribution >= 4 is 23.5 Å². The van der Waals surface area contributed by atoms with Crippen LogP contribution in [0.1, 0.15) is 35.7 Å². The molecule has 7 heteroatoms. The van der Waals surface area contributed by atoms with Crippen LogP contribution in [0.3, 0.4) is 0 Å². The van der Waals surface area contributed by atoms with E-state index in [1.807, 2.05) is 6.92 Å². The first kappa shape index (κ1) is 21.9. The number of para-hydroxylation sites is 1. The zero-order valence-electron chi connectivity index (χ0n) is 16.6. The first-order chi connectivity index (χ1) is 14.0. The molecule has 7 nitrogen and oxygen atoms in total. The average molecular weight is 399 g/mol. The first-order valence-electron chi connectivity index (χ1n) is 9.38. The van der Waals surface area contributed by atoms with Gasteiger partial charge in [-0.3, -0.25) is 9.59 Å². The number of hydrogen-bond donors (Lipinski definition) is 1. The Morgan fingerprint density at radius 2 is 1.69 bits per heavy atom. The SMILES string of the molecule is CCCCOC(=O)c1ccc(NC(=O)COC(=O)Cc2ccccc2OC)cc1. The molecule has 0 spiro atoms. The molecule has 0 aliphatic rings. The molecule has 2 rings (SSSR count). The monoisotopic (exact) mass is 399 g/mol.